The molecule has 3 N–H and O–H groups in total. The molecule has 2 aromatic carbocycles. The van der Waals surface area contributed by atoms with Crippen molar-refractivity contribution in [3.63, 3.8) is 0 Å². The van der Waals surface area contributed by atoms with E-state index < -0.39 is 4.92 Å². The summed E-state index contributed by atoms with van der Waals surface area (Å²) >= 11 is 0. The van der Waals surface area contributed by atoms with Crippen molar-refractivity contribution >= 4 is 22.7 Å². The zero-order valence-corrected chi connectivity index (χ0v) is 11.6. The summed E-state index contributed by atoms with van der Waals surface area (Å²) in [5.41, 5.74) is 7.10. The number of nitro benzene ring substituents is 1. The molecule has 0 bridgehead atoms. The molecule has 0 heterocycles. The third-order valence-electron chi connectivity index (χ3n) is 2.89. The standard InChI is InChI=1S/C14H15N3O4/c1-20-13-7-11(12(17(18)19)8-14(13)21-2)16-10-5-3-9(15)4-6-10/h3-8,16H,15H2,1-2H3. The highest BCUT2D eigenvalue weighted by Crippen LogP contribution is 2.38. The van der Waals surface area contributed by atoms with Gasteiger partial charge in [-0.1, -0.05) is 0 Å². The highest BCUT2D eigenvalue weighted by atomic mass is 16.6. The van der Waals surface area contributed by atoms with Crippen LogP contribution in [0.3, 0.4) is 0 Å². The summed E-state index contributed by atoms with van der Waals surface area (Å²) in [4.78, 5) is 10.7. The number of methoxy groups -OCH3 is 2. The summed E-state index contributed by atoms with van der Waals surface area (Å²) < 4.78 is 10.2. The van der Waals surface area contributed by atoms with Crippen molar-refractivity contribution in [2.75, 3.05) is 25.3 Å². The SMILES string of the molecule is COc1cc(Nc2ccc(N)cc2)c([N+](=O)[O-])cc1OC. The Morgan fingerprint density at radius 3 is 2.19 bits per heavy atom. The average molecular weight is 289 g/mol. The molecule has 7 nitrogen and oxygen atoms in total. The summed E-state index contributed by atoms with van der Waals surface area (Å²) in [6.07, 6.45) is 0. The molecule has 0 unspecified atom stereocenters. The molecule has 2 aromatic rings. The van der Waals surface area contributed by atoms with Crippen LogP contribution in [0.2, 0.25) is 0 Å². The van der Waals surface area contributed by atoms with Gasteiger partial charge in [0.2, 0.25) is 0 Å². The van der Waals surface area contributed by atoms with Gasteiger partial charge in [0.15, 0.2) is 11.5 Å². The fourth-order valence-corrected chi connectivity index (χ4v) is 1.84. The minimum absolute atomic E-state index is 0.107. The van der Waals surface area contributed by atoms with E-state index in [0.717, 1.165) is 0 Å². The zero-order valence-electron chi connectivity index (χ0n) is 11.6. The summed E-state index contributed by atoms with van der Waals surface area (Å²) in [7, 11) is 2.89. The lowest BCUT2D eigenvalue weighted by atomic mass is 10.2. The van der Waals surface area contributed by atoms with Gasteiger partial charge in [-0.2, -0.15) is 0 Å². The van der Waals surface area contributed by atoms with Crippen LogP contribution >= 0.6 is 0 Å². The summed E-state index contributed by atoms with van der Waals surface area (Å²) in [6, 6.07) is 9.71. The number of hydrogen-bond acceptors (Lipinski definition) is 6. The van der Waals surface area contributed by atoms with Crippen LogP contribution in [0.4, 0.5) is 22.7 Å². The molecule has 0 saturated carbocycles. The van der Waals surface area contributed by atoms with Crippen LogP contribution in [-0.4, -0.2) is 19.1 Å². The third kappa shape index (κ3) is 3.14. The molecule has 0 fully saturated rings. The molecule has 7 heteroatoms. The van der Waals surface area contributed by atoms with E-state index >= 15 is 0 Å². The van der Waals surface area contributed by atoms with E-state index in [-0.39, 0.29) is 5.69 Å². The topological polar surface area (TPSA) is 99.7 Å². The van der Waals surface area contributed by atoms with Gasteiger partial charge in [0.05, 0.1) is 25.2 Å². The van der Waals surface area contributed by atoms with Crippen molar-refractivity contribution < 1.29 is 14.4 Å². The summed E-state index contributed by atoms with van der Waals surface area (Å²) in [6.45, 7) is 0. The van der Waals surface area contributed by atoms with Crippen molar-refractivity contribution in [2.24, 2.45) is 0 Å². The fraction of sp³-hybridized carbons (Fsp3) is 0.143. The van der Waals surface area contributed by atoms with E-state index in [1.54, 1.807) is 24.3 Å². The molecular formula is C14H15N3O4. The number of hydrogen-bond donors (Lipinski definition) is 2. The van der Waals surface area contributed by atoms with Crippen LogP contribution in [0, 0.1) is 10.1 Å². The van der Waals surface area contributed by atoms with Gasteiger partial charge >= 0.3 is 0 Å². The van der Waals surface area contributed by atoms with E-state index in [2.05, 4.69) is 5.32 Å². The minimum Gasteiger partial charge on any atom is -0.493 e. The molecule has 0 aromatic heterocycles. The first-order valence-electron chi connectivity index (χ1n) is 6.08. The highest BCUT2D eigenvalue weighted by molar-refractivity contribution is 5.74. The lowest BCUT2D eigenvalue weighted by molar-refractivity contribution is -0.384. The number of nitrogens with zero attached hydrogens (tertiary/aromatic N) is 1. The van der Waals surface area contributed by atoms with E-state index in [1.165, 1.54) is 26.4 Å². The van der Waals surface area contributed by atoms with Crippen molar-refractivity contribution in [2.45, 2.75) is 0 Å². The number of nitro groups is 1. The molecule has 21 heavy (non-hydrogen) atoms. The van der Waals surface area contributed by atoms with Gasteiger partial charge in [-0.05, 0) is 24.3 Å². The van der Waals surface area contributed by atoms with Crippen LogP contribution in [0.1, 0.15) is 0 Å². The second kappa shape index (κ2) is 6.00. The number of benzene rings is 2. The maximum atomic E-state index is 11.2. The van der Waals surface area contributed by atoms with E-state index in [0.29, 0.717) is 28.6 Å². The Labute approximate surface area is 121 Å². The Morgan fingerprint density at radius 1 is 1.10 bits per heavy atom. The molecule has 0 aliphatic carbocycles. The Kier molecular flexibility index (Phi) is 4.13. The monoisotopic (exact) mass is 289 g/mol. The first kappa shape index (κ1) is 14.4. The van der Waals surface area contributed by atoms with Gasteiger partial charge in [-0.15, -0.1) is 0 Å². The quantitative estimate of drug-likeness (QED) is 0.498. The van der Waals surface area contributed by atoms with E-state index in [1.807, 2.05) is 0 Å². The Balaban J connectivity index is 2.45. The molecule has 0 aliphatic rings. The summed E-state index contributed by atoms with van der Waals surface area (Å²) in [5.74, 6) is 0.702. The summed E-state index contributed by atoms with van der Waals surface area (Å²) in [5, 5.41) is 14.2. The predicted molar refractivity (Wildman–Crippen MR) is 80.3 cm³/mol. The molecule has 0 aliphatic heterocycles. The van der Waals surface area contributed by atoms with E-state index in [9.17, 15) is 10.1 Å². The Bertz CT molecular complexity index is 656. The lowest BCUT2D eigenvalue weighted by Gasteiger charge is -2.12. The van der Waals surface area contributed by atoms with Gasteiger partial charge in [-0.25, -0.2) is 0 Å². The molecule has 0 saturated heterocycles. The Morgan fingerprint density at radius 2 is 1.67 bits per heavy atom. The molecular weight excluding hydrogens is 274 g/mol. The largest absolute Gasteiger partial charge is 0.493 e. The van der Waals surface area contributed by atoms with Gasteiger partial charge in [0.25, 0.3) is 5.69 Å². The number of rotatable bonds is 5. The van der Waals surface area contributed by atoms with Crippen molar-refractivity contribution in [3.05, 3.63) is 46.5 Å². The number of anilines is 3. The minimum atomic E-state index is -0.485. The first-order valence-corrected chi connectivity index (χ1v) is 6.08. The maximum Gasteiger partial charge on any atom is 0.296 e. The van der Waals surface area contributed by atoms with Gasteiger partial charge in [0.1, 0.15) is 5.69 Å². The fourth-order valence-electron chi connectivity index (χ4n) is 1.84. The van der Waals surface area contributed by atoms with Crippen LogP contribution < -0.4 is 20.5 Å². The Hall–Kier alpha value is -2.96. The van der Waals surface area contributed by atoms with Crippen LogP contribution in [0.15, 0.2) is 36.4 Å². The molecule has 0 spiro atoms. The molecule has 0 radical (unpaired) electrons. The number of ether oxygens (including phenoxy) is 2. The lowest BCUT2D eigenvalue weighted by Crippen LogP contribution is -2.00. The predicted octanol–water partition coefficient (Wildman–Crippen LogP) is 2.94. The molecule has 110 valence electrons. The molecule has 0 amide bonds. The number of nitrogen functional groups attached to an aromatic ring is 1. The van der Waals surface area contributed by atoms with Crippen LogP contribution in [0.25, 0.3) is 0 Å². The van der Waals surface area contributed by atoms with Crippen molar-refractivity contribution in [1.82, 2.24) is 0 Å². The van der Waals surface area contributed by atoms with Crippen LogP contribution in [0.5, 0.6) is 11.5 Å². The van der Waals surface area contributed by atoms with E-state index in [4.69, 9.17) is 15.2 Å². The van der Waals surface area contributed by atoms with Crippen molar-refractivity contribution in [3.8, 4) is 11.5 Å². The number of nitrogens with two attached hydrogens (primary N) is 1. The first-order chi connectivity index (χ1) is 10.0. The normalized spacial score (nSPS) is 10.0. The van der Waals surface area contributed by atoms with Gasteiger partial charge < -0.3 is 20.5 Å². The second-order valence-corrected chi connectivity index (χ2v) is 4.23. The zero-order chi connectivity index (χ0) is 15.4. The number of nitrogens with one attached hydrogen (secondary N) is 1. The second-order valence-electron chi connectivity index (χ2n) is 4.23. The van der Waals surface area contributed by atoms with Gasteiger partial charge in [-0.3, -0.25) is 10.1 Å². The maximum absolute atomic E-state index is 11.2. The van der Waals surface area contributed by atoms with Crippen molar-refractivity contribution in [1.29, 1.82) is 0 Å². The molecule has 0 atom stereocenters. The van der Waals surface area contributed by atoms with Crippen LogP contribution in [-0.2, 0) is 0 Å². The smallest absolute Gasteiger partial charge is 0.296 e. The van der Waals surface area contributed by atoms with Gasteiger partial charge in [0, 0.05) is 17.4 Å². The highest BCUT2D eigenvalue weighted by Gasteiger charge is 2.19. The third-order valence-corrected chi connectivity index (χ3v) is 2.89. The molecule has 2 rings (SSSR count). The average Bonchev–Trinajstić information content (AvgIpc) is 2.48.